The number of ether oxygens (including phenoxy) is 2. The number of nitrogens with zero attached hydrogens (tertiary/aromatic N) is 2. The lowest BCUT2D eigenvalue weighted by Gasteiger charge is -2.33. The van der Waals surface area contributed by atoms with Gasteiger partial charge >= 0.3 is 0 Å². The van der Waals surface area contributed by atoms with Crippen LogP contribution >= 0.6 is 0 Å². The lowest BCUT2D eigenvalue weighted by atomic mass is 9.79. The highest BCUT2D eigenvalue weighted by molar-refractivity contribution is 6.10. The summed E-state index contributed by atoms with van der Waals surface area (Å²) in [5, 5.41) is 2.41. The second-order valence-corrected chi connectivity index (χ2v) is 10.7. The Morgan fingerprint density at radius 1 is 0.610 bits per heavy atom. The van der Waals surface area contributed by atoms with E-state index < -0.39 is 0 Å². The molecule has 4 heterocycles. The van der Waals surface area contributed by atoms with Crippen LogP contribution in [0, 0.1) is 5.92 Å². The van der Waals surface area contributed by atoms with E-state index in [9.17, 15) is 0 Å². The highest BCUT2D eigenvalue weighted by Gasteiger charge is 2.33. The summed E-state index contributed by atoms with van der Waals surface area (Å²) in [7, 11) is 0. The monoisotopic (exact) mass is 530 g/mol. The number of pyridine rings is 2. The molecule has 2 aliphatic heterocycles. The van der Waals surface area contributed by atoms with Crippen molar-refractivity contribution in [3.05, 3.63) is 139 Å². The van der Waals surface area contributed by atoms with Gasteiger partial charge in [-0.25, -0.2) is 0 Å². The minimum absolute atomic E-state index is 0.182. The molecule has 0 radical (unpaired) electrons. The van der Waals surface area contributed by atoms with Crippen molar-refractivity contribution in [1.82, 2.24) is 9.97 Å². The molecule has 0 saturated heterocycles. The molecule has 0 saturated carbocycles. The first-order valence-corrected chi connectivity index (χ1v) is 13.9. The topological polar surface area (TPSA) is 44.2 Å². The summed E-state index contributed by atoms with van der Waals surface area (Å²) in [5.74, 6) is 2.81. The normalized spacial score (nSPS) is 15.4. The minimum atomic E-state index is 0.182. The van der Waals surface area contributed by atoms with Gasteiger partial charge in [0.25, 0.3) is 0 Å². The zero-order valence-corrected chi connectivity index (χ0v) is 22.5. The highest BCUT2D eigenvalue weighted by atomic mass is 16.5. The van der Waals surface area contributed by atoms with Crippen molar-refractivity contribution in [3.8, 4) is 39.5 Å². The maximum atomic E-state index is 6.74. The molecule has 0 N–H and O–H groups in total. The largest absolute Gasteiger partial charge is 0.492 e. The first kappa shape index (κ1) is 23.6. The summed E-state index contributed by atoms with van der Waals surface area (Å²) in [6.07, 6.45) is 7.30. The second kappa shape index (κ2) is 9.46. The third-order valence-electron chi connectivity index (χ3n) is 8.16. The molecule has 196 valence electrons. The van der Waals surface area contributed by atoms with Crippen LogP contribution in [-0.4, -0.2) is 16.6 Å². The molecule has 4 aromatic carbocycles. The summed E-state index contributed by atoms with van der Waals surface area (Å²) in [6, 6.07) is 34.1. The van der Waals surface area contributed by atoms with Crippen LogP contribution in [0.15, 0.2) is 122 Å². The molecule has 41 heavy (non-hydrogen) atoms. The van der Waals surface area contributed by atoms with Crippen molar-refractivity contribution < 1.29 is 9.47 Å². The third kappa shape index (κ3) is 3.91. The zero-order valence-electron chi connectivity index (χ0n) is 22.5. The molecule has 1 atom stereocenters. The first-order valence-electron chi connectivity index (χ1n) is 13.9. The van der Waals surface area contributed by atoms with Crippen molar-refractivity contribution in [1.29, 1.82) is 0 Å². The van der Waals surface area contributed by atoms with Crippen LogP contribution in [0.25, 0.3) is 44.2 Å². The van der Waals surface area contributed by atoms with Crippen LogP contribution in [0.5, 0.6) is 17.2 Å². The molecule has 4 heteroatoms. The van der Waals surface area contributed by atoms with Crippen molar-refractivity contribution in [2.24, 2.45) is 5.92 Å². The standard InChI is InChI=1S/C37H26N2O2/c1-23-22-40-32-11-8-26-4-2-3-5-29(26)37(32)35(23)36-30-9-6-27(24-12-16-38-17-13-24)20-33(30)41-34-21-28(7-10-31(34)36)25-14-18-39-19-15-25/h2-21,23H,22H2,1H3/t23-/m1/s1. The number of hydrogen-bond donors (Lipinski definition) is 0. The average molecular weight is 531 g/mol. The second-order valence-electron chi connectivity index (χ2n) is 10.7. The van der Waals surface area contributed by atoms with Gasteiger partial charge in [-0.2, -0.15) is 0 Å². The van der Waals surface area contributed by atoms with E-state index in [0.29, 0.717) is 6.61 Å². The van der Waals surface area contributed by atoms with Gasteiger partial charge in [-0.15, -0.1) is 0 Å². The maximum Gasteiger partial charge on any atom is 0.135 e. The molecule has 0 aliphatic carbocycles. The fourth-order valence-corrected chi connectivity index (χ4v) is 6.19. The van der Waals surface area contributed by atoms with E-state index >= 15 is 0 Å². The van der Waals surface area contributed by atoms with E-state index in [0.717, 1.165) is 50.6 Å². The average Bonchev–Trinajstić information content (AvgIpc) is 3.04. The molecular weight excluding hydrogens is 504 g/mol. The molecular formula is C37H26N2O2. The van der Waals surface area contributed by atoms with E-state index in [2.05, 4.69) is 89.7 Å². The Labute approximate surface area is 238 Å². The van der Waals surface area contributed by atoms with E-state index in [1.54, 1.807) is 0 Å². The number of fused-ring (bicyclic) bond motifs is 5. The number of benzene rings is 4. The quantitative estimate of drug-likeness (QED) is 0.224. The summed E-state index contributed by atoms with van der Waals surface area (Å²) < 4.78 is 13.1. The van der Waals surface area contributed by atoms with Crippen LogP contribution in [0.2, 0.25) is 0 Å². The maximum absolute atomic E-state index is 6.74. The highest BCUT2D eigenvalue weighted by Crippen LogP contribution is 2.53. The van der Waals surface area contributed by atoms with Crippen molar-refractivity contribution >= 4 is 21.9 Å². The van der Waals surface area contributed by atoms with Gasteiger partial charge in [0.2, 0.25) is 0 Å². The third-order valence-corrected chi connectivity index (χ3v) is 8.16. The van der Waals surface area contributed by atoms with Gasteiger partial charge < -0.3 is 9.47 Å². The Bertz CT molecular complexity index is 1890. The molecule has 4 nitrogen and oxygen atoms in total. The lowest BCUT2D eigenvalue weighted by Crippen LogP contribution is -2.20. The van der Waals surface area contributed by atoms with Gasteiger partial charge in [-0.05, 0) is 93.2 Å². The predicted octanol–water partition coefficient (Wildman–Crippen LogP) is 9.06. The Balaban J connectivity index is 1.43. The van der Waals surface area contributed by atoms with E-state index in [1.807, 2.05) is 49.1 Å². The summed E-state index contributed by atoms with van der Waals surface area (Å²) in [4.78, 5) is 8.40. The van der Waals surface area contributed by atoms with Crippen molar-refractivity contribution in [2.75, 3.05) is 6.61 Å². The van der Waals surface area contributed by atoms with Crippen LogP contribution in [0.3, 0.4) is 0 Å². The smallest absolute Gasteiger partial charge is 0.135 e. The molecule has 2 aromatic heterocycles. The Hall–Kier alpha value is -5.22. The van der Waals surface area contributed by atoms with E-state index in [4.69, 9.17) is 9.47 Å². The zero-order chi connectivity index (χ0) is 27.3. The minimum Gasteiger partial charge on any atom is -0.492 e. The Morgan fingerprint density at radius 2 is 1.22 bits per heavy atom. The van der Waals surface area contributed by atoms with Gasteiger partial charge in [-0.1, -0.05) is 49.4 Å². The van der Waals surface area contributed by atoms with E-state index in [-0.39, 0.29) is 5.92 Å². The van der Waals surface area contributed by atoms with Crippen LogP contribution in [0.1, 0.15) is 23.6 Å². The Morgan fingerprint density at radius 3 is 1.85 bits per heavy atom. The van der Waals surface area contributed by atoms with Gasteiger partial charge in [0, 0.05) is 53.0 Å². The van der Waals surface area contributed by atoms with Gasteiger partial charge in [0.15, 0.2) is 0 Å². The SMILES string of the molecule is C[C@@H]1COc2ccc3ccccc3c2C1=C1c2ccc(-c3ccncc3)cc2Oc2cc(-c3ccncc3)ccc21. The van der Waals surface area contributed by atoms with Crippen molar-refractivity contribution in [3.63, 3.8) is 0 Å². The summed E-state index contributed by atoms with van der Waals surface area (Å²) in [6.45, 7) is 2.89. The van der Waals surface area contributed by atoms with Gasteiger partial charge in [0.1, 0.15) is 17.2 Å². The molecule has 0 amide bonds. The van der Waals surface area contributed by atoms with Crippen LogP contribution in [0.4, 0.5) is 0 Å². The van der Waals surface area contributed by atoms with Crippen molar-refractivity contribution in [2.45, 2.75) is 6.92 Å². The molecule has 0 fully saturated rings. The summed E-state index contributed by atoms with van der Waals surface area (Å²) >= 11 is 0. The summed E-state index contributed by atoms with van der Waals surface area (Å²) in [5.41, 5.74) is 10.3. The van der Waals surface area contributed by atoms with Crippen LogP contribution < -0.4 is 9.47 Å². The first-order chi connectivity index (χ1) is 20.2. The fourth-order valence-electron chi connectivity index (χ4n) is 6.19. The molecule has 0 unspecified atom stereocenters. The Kier molecular flexibility index (Phi) is 5.46. The van der Waals surface area contributed by atoms with Gasteiger partial charge in [0.05, 0.1) is 6.61 Å². The molecule has 8 rings (SSSR count). The van der Waals surface area contributed by atoms with E-state index in [1.165, 1.54) is 27.5 Å². The number of aromatic nitrogens is 2. The molecule has 0 bridgehead atoms. The van der Waals surface area contributed by atoms with Gasteiger partial charge in [-0.3, -0.25) is 9.97 Å². The lowest BCUT2D eigenvalue weighted by molar-refractivity contribution is 0.277. The number of rotatable bonds is 2. The fraction of sp³-hybridized carbons (Fsp3) is 0.0811. The molecule has 6 aromatic rings. The van der Waals surface area contributed by atoms with Crippen LogP contribution in [-0.2, 0) is 0 Å². The molecule has 2 aliphatic rings. The number of hydrogen-bond acceptors (Lipinski definition) is 4. The predicted molar refractivity (Wildman–Crippen MR) is 164 cm³/mol. The molecule has 0 spiro atoms.